The Morgan fingerprint density at radius 2 is 2.42 bits per heavy atom. The molecule has 0 spiro atoms. The maximum absolute atomic E-state index is 10.6. The molecule has 2 heterocycles. The van der Waals surface area contributed by atoms with Crippen molar-refractivity contribution in [1.82, 2.24) is 4.98 Å². The van der Waals surface area contributed by atoms with Crippen LogP contribution in [0.1, 0.15) is 6.42 Å². The molecule has 0 saturated carbocycles. The summed E-state index contributed by atoms with van der Waals surface area (Å²) >= 11 is 0. The molecule has 0 bridgehead atoms. The lowest BCUT2D eigenvalue weighted by molar-refractivity contribution is -0.389. The summed E-state index contributed by atoms with van der Waals surface area (Å²) in [7, 11) is 0. The van der Waals surface area contributed by atoms with E-state index in [1.165, 1.54) is 12.3 Å². The number of carbonyl (C=O) groups is 1. The molecule has 1 aliphatic heterocycles. The predicted molar refractivity (Wildman–Crippen MR) is 65.1 cm³/mol. The average molecular weight is 267 g/mol. The lowest BCUT2D eigenvalue weighted by atomic mass is 10.2. The number of morpholine rings is 1. The topological polar surface area (TPSA) is 106 Å². The van der Waals surface area contributed by atoms with E-state index in [9.17, 15) is 14.9 Å². The Labute approximate surface area is 108 Å². The number of hydrogen-bond acceptors (Lipinski definition) is 6. The summed E-state index contributed by atoms with van der Waals surface area (Å²) in [5.41, 5.74) is 0.726. The number of anilines is 1. The van der Waals surface area contributed by atoms with Gasteiger partial charge in [0.15, 0.2) is 6.20 Å². The molecule has 2 rings (SSSR count). The molecule has 0 radical (unpaired) electrons. The van der Waals surface area contributed by atoms with E-state index >= 15 is 0 Å². The van der Waals surface area contributed by atoms with Crippen LogP contribution in [0.3, 0.4) is 0 Å². The maximum atomic E-state index is 10.6. The highest BCUT2D eigenvalue weighted by Crippen LogP contribution is 2.20. The highest BCUT2D eigenvalue weighted by molar-refractivity contribution is 5.67. The van der Waals surface area contributed by atoms with Crippen LogP contribution < -0.4 is 4.90 Å². The van der Waals surface area contributed by atoms with Crippen LogP contribution in [0.25, 0.3) is 0 Å². The number of carboxylic acid groups (broad SMARTS) is 1. The Kier molecular flexibility index (Phi) is 3.91. The molecule has 1 aromatic heterocycles. The standard InChI is InChI=1S/C11H13N3O5/c15-11(16)5-9-7-13(3-4-19-9)8-1-2-10(12-6-8)14(17)18/h1-2,6,9H,3-5,7H2,(H,15,16). The molecule has 1 saturated heterocycles. The Morgan fingerprint density at radius 3 is 3.00 bits per heavy atom. The van der Waals surface area contributed by atoms with Gasteiger partial charge in [0.25, 0.3) is 0 Å². The van der Waals surface area contributed by atoms with Gasteiger partial charge in [0, 0.05) is 19.2 Å². The Hall–Kier alpha value is -2.22. The maximum Gasteiger partial charge on any atom is 0.363 e. The summed E-state index contributed by atoms with van der Waals surface area (Å²) in [6.45, 7) is 1.47. The summed E-state index contributed by atoms with van der Waals surface area (Å²) in [6, 6.07) is 2.94. The zero-order chi connectivity index (χ0) is 13.8. The lowest BCUT2D eigenvalue weighted by Gasteiger charge is -2.33. The normalized spacial score (nSPS) is 19.2. The number of carboxylic acids is 1. The fraction of sp³-hybridized carbons (Fsp3) is 0.455. The number of nitro groups is 1. The van der Waals surface area contributed by atoms with Gasteiger partial charge in [-0.05, 0) is 16.0 Å². The minimum Gasteiger partial charge on any atom is -0.481 e. The predicted octanol–water partition coefficient (Wildman–Crippen LogP) is 0.670. The third kappa shape index (κ3) is 3.38. The van der Waals surface area contributed by atoms with Gasteiger partial charge in [0.1, 0.15) is 0 Å². The summed E-state index contributed by atoms with van der Waals surface area (Å²) in [5, 5.41) is 19.2. The number of aliphatic carboxylic acids is 1. The highest BCUT2D eigenvalue weighted by atomic mass is 16.6. The smallest absolute Gasteiger partial charge is 0.363 e. The first kappa shape index (κ1) is 13.2. The van der Waals surface area contributed by atoms with E-state index in [1.54, 1.807) is 6.07 Å². The second kappa shape index (κ2) is 5.61. The van der Waals surface area contributed by atoms with E-state index < -0.39 is 10.9 Å². The van der Waals surface area contributed by atoms with Crippen molar-refractivity contribution in [3.8, 4) is 0 Å². The molecule has 1 atom stereocenters. The number of rotatable bonds is 4. The van der Waals surface area contributed by atoms with E-state index in [4.69, 9.17) is 9.84 Å². The van der Waals surface area contributed by atoms with Gasteiger partial charge in [0.05, 0.1) is 24.8 Å². The number of nitrogens with zero attached hydrogens (tertiary/aromatic N) is 3. The van der Waals surface area contributed by atoms with Gasteiger partial charge >= 0.3 is 11.8 Å². The summed E-state index contributed by atoms with van der Waals surface area (Å²) in [4.78, 5) is 26.2. The van der Waals surface area contributed by atoms with E-state index in [0.717, 1.165) is 5.69 Å². The van der Waals surface area contributed by atoms with E-state index in [-0.39, 0.29) is 18.3 Å². The molecule has 1 fully saturated rings. The fourth-order valence-corrected chi connectivity index (χ4v) is 1.95. The summed E-state index contributed by atoms with van der Waals surface area (Å²) < 4.78 is 5.35. The molecule has 0 aliphatic carbocycles. The van der Waals surface area contributed by atoms with Crippen molar-refractivity contribution in [3.63, 3.8) is 0 Å². The number of ether oxygens (including phenoxy) is 1. The molecule has 1 N–H and O–H groups in total. The van der Waals surface area contributed by atoms with Crippen LogP contribution in [-0.4, -0.2) is 46.8 Å². The monoisotopic (exact) mass is 267 g/mol. The van der Waals surface area contributed by atoms with Gasteiger partial charge in [-0.25, -0.2) is 0 Å². The van der Waals surface area contributed by atoms with Gasteiger partial charge in [-0.2, -0.15) is 0 Å². The largest absolute Gasteiger partial charge is 0.481 e. The Bertz CT molecular complexity index is 476. The Balaban J connectivity index is 2.04. The summed E-state index contributed by atoms with van der Waals surface area (Å²) in [6.07, 6.45) is 0.986. The van der Waals surface area contributed by atoms with Gasteiger partial charge < -0.3 is 24.9 Å². The van der Waals surface area contributed by atoms with Crippen LogP contribution >= 0.6 is 0 Å². The van der Waals surface area contributed by atoms with E-state index in [2.05, 4.69) is 4.98 Å². The zero-order valence-electron chi connectivity index (χ0n) is 10.1. The molecule has 19 heavy (non-hydrogen) atoms. The second-order valence-electron chi connectivity index (χ2n) is 4.17. The fourth-order valence-electron chi connectivity index (χ4n) is 1.95. The average Bonchev–Trinajstić information content (AvgIpc) is 2.38. The molecule has 1 aliphatic rings. The Morgan fingerprint density at radius 1 is 1.63 bits per heavy atom. The van der Waals surface area contributed by atoms with E-state index in [0.29, 0.717) is 19.7 Å². The molecular formula is C11H13N3O5. The molecule has 1 unspecified atom stereocenters. The van der Waals surface area contributed by atoms with Crippen molar-refractivity contribution in [2.45, 2.75) is 12.5 Å². The number of aromatic nitrogens is 1. The van der Waals surface area contributed by atoms with Crippen LogP contribution in [0.15, 0.2) is 18.3 Å². The molecule has 102 valence electrons. The first-order valence-electron chi connectivity index (χ1n) is 5.75. The van der Waals surface area contributed by atoms with Crippen LogP contribution in [0.2, 0.25) is 0 Å². The van der Waals surface area contributed by atoms with Crippen LogP contribution in [0.4, 0.5) is 11.5 Å². The first-order chi connectivity index (χ1) is 9.06. The lowest BCUT2D eigenvalue weighted by Crippen LogP contribution is -2.43. The number of hydrogen-bond donors (Lipinski definition) is 1. The minimum atomic E-state index is -0.909. The van der Waals surface area contributed by atoms with Gasteiger partial charge in [-0.1, -0.05) is 0 Å². The van der Waals surface area contributed by atoms with Crippen LogP contribution in [0, 0.1) is 10.1 Å². The third-order valence-corrected chi connectivity index (χ3v) is 2.83. The molecule has 1 aromatic rings. The zero-order valence-corrected chi connectivity index (χ0v) is 10.1. The van der Waals surface area contributed by atoms with Gasteiger partial charge in [0.2, 0.25) is 0 Å². The molecular weight excluding hydrogens is 254 g/mol. The second-order valence-corrected chi connectivity index (χ2v) is 4.17. The number of pyridine rings is 1. The first-order valence-corrected chi connectivity index (χ1v) is 5.75. The van der Waals surface area contributed by atoms with Crippen molar-refractivity contribution < 1.29 is 19.6 Å². The van der Waals surface area contributed by atoms with Crippen LogP contribution in [0.5, 0.6) is 0 Å². The highest BCUT2D eigenvalue weighted by Gasteiger charge is 2.23. The van der Waals surface area contributed by atoms with Crippen molar-refractivity contribution in [2.24, 2.45) is 0 Å². The van der Waals surface area contributed by atoms with Crippen LogP contribution in [-0.2, 0) is 9.53 Å². The molecule has 8 nitrogen and oxygen atoms in total. The van der Waals surface area contributed by atoms with Gasteiger partial charge in [-0.3, -0.25) is 4.79 Å². The minimum absolute atomic E-state index is 0.0586. The van der Waals surface area contributed by atoms with Gasteiger partial charge in [-0.15, -0.1) is 0 Å². The summed E-state index contributed by atoms with van der Waals surface area (Å²) in [5.74, 6) is -1.12. The van der Waals surface area contributed by atoms with Crippen molar-refractivity contribution in [3.05, 3.63) is 28.4 Å². The van der Waals surface area contributed by atoms with E-state index in [1.807, 2.05) is 4.90 Å². The van der Waals surface area contributed by atoms with Crippen molar-refractivity contribution >= 4 is 17.5 Å². The molecule has 0 aromatic carbocycles. The third-order valence-electron chi connectivity index (χ3n) is 2.83. The molecule has 8 heteroatoms. The van der Waals surface area contributed by atoms with Crippen molar-refractivity contribution in [2.75, 3.05) is 24.6 Å². The quantitative estimate of drug-likeness (QED) is 0.631. The van der Waals surface area contributed by atoms with Crippen molar-refractivity contribution in [1.29, 1.82) is 0 Å². The molecule has 0 amide bonds. The SMILES string of the molecule is O=C(O)CC1CN(c2ccc([N+](=O)[O-])nc2)CCO1.